The summed E-state index contributed by atoms with van der Waals surface area (Å²) in [6.45, 7) is 6.07. The molecule has 0 aliphatic carbocycles. The van der Waals surface area contributed by atoms with E-state index in [0.717, 1.165) is 30.4 Å². The Balaban J connectivity index is 3.31. The number of hydrogen-bond acceptors (Lipinski definition) is 2. The van der Waals surface area contributed by atoms with Crippen molar-refractivity contribution in [3.8, 4) is 0 Å². The number of carboxylic acid groups (broad SMARTS) is 1. The minimum Gasteiger partial charge on any atom is -0.478 e. The molecule has 0 unspecified atom stereocenters. The van der Waals surface area contributed by atoms with Crippen LogP contribution in [0.2, 0.25) is 5.15 Å². The average molecular weight is 256 g/mol. The van der Waals surface area contributed by atoms with Gasteiger partial charge >= 0.3 is 5.97 Å². The van der Waals surface area contributed by atoms with Gasteiger partial charge in [0, 0.05) is 6.20 Å². The van der Waals surface area contributed by atoms with Gasteiger partial charge in [-0.2, -0.15) is 0 Å². The molecule has 0 spiro atoms. The standard InChI is InChI=1S/C13H18ClNO2/c1-4-5-6-9-7-15-12(14)11(13(16)17)10(9)8(2)3/h7-8H,4-6H2,1-3H3,(H,16,17). The van der Waals surface area contributed by atoms with Crippen LogP contribution in [0.25, 0.3) is 0 Å². The molecule has 0 aromatic carbocycles. The van der Waals surface area contributed by atoms with Crippen LogP contribution in [0.1, 0.15) is 61.0 Å². The lowest BCUT2D eigenvalue weighted by molar-refractivity contribution is 0.0695. The van der Waals surface area contributed by atoms with Crippen LogP contribution in [0.5, 0.6) is 0 Å². The number of carboxylic acids is 1. The maximum Gasteiger partial charge on any atom is 0.339 e. The van der Waals surface area contributed by atoms with Gasteiger partial charge in [-0.25, -0.2) is 9.78 Å². The number of carbonyl (C=O) groups is 1. The summed E-state index contributed by atoms with van der Waals surface area (Å²) in [7, 11) is 0. The molecule has 0 aliphatic heterocycles. The Kier molecular flexibility index (Phi) is 4.94. The second-order valence-electron chi connectivity index (χ2n) is 4.43. The van der Waals surface area contributed by atoms with E-state index in [2.05, 4.69) is 11.9 Å². The molecule has 0 bridgehead atoms. The Hall–Kier alpha value is -1.09. The molecule has 17 heavy (non-hydrogen) atoms. The van der Waals surface area contributed by atoms with Crippen LogP contribution in [-0.2, 0) is 6.42 Å². The summed E-state index contributed by atoms with van der Waals surface area (Å²) in [4.78, 5) is 15.2. The first-order valence-corrected chi connectivity index (χ1v) is 6.27. The van der Waals surface area contributed by atoms with Gasteiger partial charge in [-0.15, -0.1) is 0 Å². The zero-order valence-corrected chi connectivity index (χ0v) is 11.2. The van der Waals surface area contributed by atoms with E-state index in [4.69, 9.17) is 11.6 Å². The molecule has 0 aliphatic rings. The molecule has 0 saturated carbocycles. The zero-order chi connectivity index (χ0) is 13.0. The molecule has 1 rings (SSSR count). The second kappa shape index (κ2) is 6.01. The van der Waals surface area contributed by atoms with Crippen molar-refractivity contribution in [2.45, 2.75) is 46.0 Å². The molecule has 0 saturated heterocycles. The van der Waals surface area contributed by atoms with Crippen molar-refractivity contribution in [3.63, 3.8) is 0 Å². The average Bonchev–Trinajstić information content (AvgIpc) is 2.26. The van der Waals surface area contributed by atoms with E-state index in [-0.39, 0.29) is 16.6 Å². The van der Waals surface area contributed by atoms with Crippen molar-refractivity contribution in [1.82, 2.24) is 4.98 Å². The fraction of sp³-hybridized carbons (Fsp3) is 0.538. The van der Waals surface area contributed by atoms with Crippen molar-refractivity contribution < 1.29 is 9.90 Å². The predicted octanol–water partition coefficient (Wildman–Crippen LogP) is 3.90. The highest BCUT2D eigenvalue weighted by atomic mass is 35.5. The predicted molar refractivity (Wildman–Crippen MR) is 68.9 cm³/mol. The fourth-order valence-corrected chi connectivity index (χ4v) is 2.20. The number of halogens is 1. The number of aromatic nitrogens is 1. The third-order valence-electron chi connectivity index (χ3n) is 2.75. The van der Waals surface area contributed by atoms with Gasteiger partial charge in [-0.1, -0.05) is 38.8 Å². The molecule has 1 N–H and O–H groups in total. The van der Waals surface area contributed by atoms with Crippen LogP contribution in [0.4, 0.5) is 0 Å². The van der Waals surface area contributed by atoms with Crippen LogP contribution in [0.15, 0.2) is 6.20 Å². The van der Waals surface area contributed by atoms with E-state index in [9.17, 15) is 9.90 Å². The Morgan fingerprint density at radius 2 is 2.18 bits per heavy atom. The summed E-state index contributed by atoms with van der Waals surface area (Å²) in [6.07, 6.45) is 4.67. The lowest BCUT2D eigenvalue weighted by atomic mass is 9.91. The summed E-state index contributed by atoms with van der Waals surface area (Å²) < 4.78 is 0. The lowest BCUT2D eigenvalue weighted by Crippen LogP contribution is -2.10. The minimum absolute atomic E-state index is 0.0847. The molecule has 3 nitrogen and oxygen atoms in total. The van der Waals surface area contributed by atoms with Gasteiger partial charge in [0.25, 0.3) is 0 Å². The number of pyridine rings is 1. The summed E-state index contributed by atoms with van der Waals surface area (Å²) in [5.41, 5.74) is 1.99. The van der Waals surface area contributed by atoms with E-state index < -0.39 is 5.97 Å². The summed E-state index contributed by atoms with van der Waals surface area (Å²) >= 11 is 5.88. The van der Waals surface area contributed by atoms with Crippen LogP contribution >= 0.6 is 11.6 Å². The summed E-state index contributed by atoms with van der Waals surface area (Å²) in [5, 5.41) is 9.31. The lowest BCUT2D eigenvalue weighted by Gasteiger charge is -2.16. The first-order chi connectivity index (χ1) is 7.99. The highest BCUT2D eigenvalue weighted by Crippen LogP contribution is 2.29. The van der Waals surface area contributed by atoms with Crippen molar-refractivity contribution in [3.05, 3.63) is 28.0 Å². The largest absolute Gasteiger partial charge is 0.478 e. The number of rotatable bonds is 5. The molecule has 4 heteroatoms. The SMILES string of the molecule is CCCCc1cnc(Cl)c(C(=O)O)c1C(C)C. The molecular weight excluding hydrogens is 238 g/mol. The monoisotopic (exact) mass is 255 g/mol. The van der Waals surface area contributed by atoms with E-state index in [1.54, 1.807) is 6.20 Å². The molecule has 94 valence electrons. The van der Waals surface area contributed by atoms with Gasteiger partial charge in [0.15, 0.2) is 0 Å². The van der Waals surface area contributed by atoms with Gasteiger partial charge < -0.3 is 5.11 Å². The maximum atomic E-state index is 11.2. The Morgan fingerprint density at radius 1 is 1.53 bits per heavy atom. The van der Waals surface area contributed by atoms with Crippen molar-refractivity contribution in [1.29, 1.82) is 0 Å². The molecule has 0 atom stereocenters. The Morgan fingerprint density at radius 3 is 2.65 bits per heavy atom. The normalized spacial score (nSPS) is 10.9. The van der Waals surface area contributed by atoms with Crippen molar-refractivity contribution in [2.24, 2.45) is 0 Å². The number of hydrogen-bond donors (Lipinski definition) is 1. The second-order valence-corrected chi connectivity index (χ2v) is 4.78. The molecule has 1 aromatic heterocycles. The Bertz CT molecular complexity index is 416. The third kappa shape index (κ3) is 3.19. The Labute approximate surface area is 107 Å². The highest BCUT2D eigenvalue weighted by molar-refractivity contribution is 6.32. The summed E-state index contributed by atoms with van der Waals surface area (Å²) in [5.74, 6) is -0.863. The molecule has 0 fully saturated rings. The van der Waals surface area contributed by atoms with Gasteiger partial charge in [0.2, 0.25) is 0 Å². The fourth-order valence-electron chi connectivity index (χ4n) is 1.97. The zero-order valence-electron chi connectivity index (χ0n) is 10.5. The third-order valence-corrected chi connectivity index (χ3v) is 3.03. The molecule has 1 aromatic rings. The maximum absolute atomic E-state index is 11.2. The van der Waals surface area contributed by atoms with Gasteiger partial charge in [-0.3, -0.25) is 0 Å². The first kappa shape index (κ1) is 14.0. The van der Waals surface area contributed by atoms with E-state index in [1.165, 1.54) is 0 Å². The van der Waals surface area contributed by atoms with Crippen LogP contribution in [0.3, 0.4) is 0 Å². The van der Waals surface area contributed by atoms with Crippen LogP contribution in [-0.4, -0.2) is 16.1 Å². The molecule has 0 amide bonds. The van der Waals surface area contributed by atoms with Crippen molar-refractivity contribution >= 4 is 17.6 Å². The van der Waals surface area contributed by atoms with E-state index in [0.29, 0.717) is 0 Å². The number of unbranched alkanes of at least 4 members (excludes halogenated alkanes) is 1. The topological polar surface area (TPSA) is 50.2 Å². The number of nitrogens with zero attached hydrogens (tertiary/aromatic N) is 1. The van der Waals surface area contributed by atoms with Crippen LogP contribution < -0.4 is 0 Å². The molecule has 1 heterocycles. The molecular formula is C13H18ClNO2. The van der Waals surface area contributed by atoms with Gasteiger partial charge in [0.05, 0.1) is 0 Å². The highest BCUT2D eigenvalue weighted by Gasteiger charge is 2.21. The smallest absolute Gasteiger partial charge is 0.339 e. The summed E-state index contributed by atoms with van der Waals surface area (Å²) in [6, 6.07) is 0. The van der Waals surface area contributed by atoms with E-state index in [1.807, 2.05) is 13.8 Å². The van der Waals surface area contributed by atoms with Gasteiger partial charge in [-0.05, 0) is 29.9 Å². The van der Waals surface area contributed by atoms with E-state index >= 15 is 0 Å². The van der Waals surface area contributed by atoms with Gasteiger partial charge in [0.1, 0.15) is 10.7 Å². The van der Waals surface area contributed by atoms with Crippen LogP contribution in [0, 0.1) is 0 Å². The number of aromatic carboxylic acids is 1. The first-order valence-electron chi connectivity index (χ1n) is 5.89. The number of aryl methyl sites for hydroxylation is 1. The minimum atomic E-state index is -0.996. The molecule has 0 radical (unpaired) electrons. The quantitative estimate of drug-likeness (QED) is 0.812. The van der Waals surface area contributed by atoms with Crippen molar-refractivity contribution in [2.75, 3.05) is 0 Å².